The van der Waals surface area contributed by atoms with Gasteiger partial charge < -0.3 is 19.8 Å². The normalized spacial score (nSPS) is 21.4. The molecule has 4 rings (SSSR count). The summed E-state index contributed by atoms with van der Waals surface area (Å²) in [7, 11) is 1.67. The van der Waals surface area contributed by atoms with Gasteiger partial charge in [-0.05, 0) is 69.2 Å². The van der Waals surface area contributed by atoms with Crippen molar-refractivity contribution in [2.24, 2.45) is 5.41 Å². The van der Waals surface area contributed by atoms with E-state index in [4.69, 9.17) is 9.15 Å². The SMILES string of the molecule is COc1ccc2oc(CNC3CCC4(CCNCC4)CC3)nc2c1. The first kappa shape index (κ1) is 15.9. The van der Waals surface area contributed by atoms with Crippen LogP contribution in [-0.2, 0) is 6.54 Å². The maximum Gasteiger partial charge on any atom is 0.209 e. The number of nitrogens with zero attached hydrogens (tertiary/aromatic N) is 1. The standard InChI is InChI=1S/C19H27N3O2/c1-23-15-2-3-17-16(12-15)22-18(24-17)13-21-14-4-6-19(7-5-14)8-10-20-11-9-19/h2-3,12,14,20-21H,4-11,13H2,1H3. The van der Waals surface area contributed by atoms with Crippen molar-refractivity contribution >= 4 is 11.1 Å². The number of rotatable bonds is 4. The van der Waals surface area contributed by atoms with E-state index in [0.29, 0.717) is 18.0 Å². The van der Waals surface area contributed by atoms with E-state index in [1.54, 1.807) is 7.11 Å². The van der Waals surface area contributed by atoms with Crippen molar-refractivity contribution in [3.05, 3.63) is 24.1 Å². The van der Waals surface area contributed by atoms with E-state index in [2.05, 4.69) is 15.6 Å². The highest BCUT2D eigenvalue weighted by Crippen LogP contribution is 2.43. The van der Waals surface area contributed by atoms with Crippen LogP contribution in [0, 0.1) is 5.41 Å². The molecule has 0 radical (unpaired) electrons. The van der Waals surface area contributed by atoms with E-state index in [9.17, 15) is 0 Å². The molecule has 0 atom stereocenters. The van der Waals surface area contributed by atoms with Crippen molar-refractivity contribution in [3.8, 4) is 5.75 Å². The minimum atomic E-state index is 0.593. The molecule has 1 saturated heterocycles. The van der Waals surface area contributed by atoms with Crippen LogP contribution in [0.2, 0.25) is 0 Å². The van der Waals surface area contributed by atoms with Gasteiger partial charge >= 0.3 is 0 Å². The van der Waals surface area contributed by atoms with Gasteiger partial charge in [-0.15, -0.1) is 0 Å². The summed E-state index contributed by atoms with van der Waals surface area (Å²) < 4.78 is 11.1. The first-order chi connectivity index (χ1) is 11.8. The molecule has 5 heteroatoms. The summed E-state index contributed by atoms with van der Waals surface area (Å²) in [5.74, 6) is 1.58. The Bertz CT molecular complexity index is 681. The number of hydrogen-bond acceptors (Lipinski definition) is 5. The molecular formula is C19H27N3O2. The van der Waals surface area contributed by atoms with Crippen LogP contribution in [0.1, 0.15) is 44.4 Å². The number of hydrogen-bond donors (Lipinski definition) is 2. The van der Waals surface area contributed by atoms with Crippen LogP contribution in [0.5, 0.6) is 5.75 Å². The van der Waals surface area contributed by atoms with E-state index in [1.807, 2.05) is 18.2 Å². The number of benzene rings is 1. The fourth-order valence-corrected chi connectivity index (χ4v) is 4.28. The third kappa shape index (κ3) is 3.28. The van der Waals surface area contributed by atoms with Crippen LogP contribution in [0.25, 0.3) is 11.1 Å². The lowest BCUT2D eigenvalue weighted by molar-refractivity contribution is 0.114. The monoisotopic (exact) mass is 329 g/mol. The van der Waals surface area contributed by atoms with Gasteiger partial charge in [-0.2, -0.15) is 0 Å². The molecule has 0 unspecified atom stereocenters. The Hall–Kier alpha value is -1.59. The van der Waals surface area contributed by atoms with E-state index < -0.39 is 0 Å². The Balaban J connectivity index is 1.32. The Morgan fingerprint density at radius 2 is 2.04 bits per heavy atom. The highest BCUT2D eigenvalue weighted by Gasteiger charge is 2.35. The quantitative estimate of drug-likeness (QED) is 0.902. The van der Waals surface area contributed by atoms with E-state index in [-0.39, 0.29) is 0 Å². The fourth-order valence-electron chi connectivity index (χ4n) is 4.28. The topological polar surface area (TPSA) is 59.3 Å². The van der Waals surface area contributed by atoms with Gasteiger partial charge in [-0.1, -0.05) is 0 Å². The summed E-state index contributed by atoms with van der Waals surface area (Å²) in [6.07, 6.45) is 7.97. The molecule has 1 aliphatic carbocycles. The molecular weight excluding hydrogens is 302 g/mol. The number of piperidine rings is 1. The Morgan fingerprint density at radius 3 is 2.79 bits per heavy atom. The molecule has 130 valence electrons. The second-order valence-corrected chi connectivity index (χ2v) is 7.35. The molecule has 2 heterocycles. The second-order valence-electron chi connectivity index (χ2n) is 7.35. The second kappa shape index (κ2) is 6.73. The van der Waals surface area contributed by atoms with Gasteiger partial charge in [0.2, 0.25) is 5.89 Å². The van der Waals surface area contributed by atoms with E-state index >= 15 is 0 Å². The average molecular weight is 329 g/mol. The lowest BCUT2D eigenvalue weighted by Crippen LogP contribution is -2.43. The van der Waals surface area contributed by atoms with Crippen molar-refractivity contribution in [1.82, 2.24) is 15.6 Å². The van der Waals surface area contributed by atoms with Crippen molar-refractivity contribution in [2.75, 3.05) is 20.2 Å². The van der Waals surface area contributed by atoms with Crippen LogP contribution in [0.15, 0.2) is 22.6 Å². The smallest absolute Gasteiger partial charge is 0.209 e. The molecule has 1 aliphatic heterocycles. The summed E-state index contributed by atoms with van der Waals surface area (Å²) in [5.41, 5.74) is 2.31. The van der Waals surface area contributed by atoms with Crippen LogP contribution in [-0.4, -0.2) is 31.2 Å². The van der Waals surface area contributed by atoms with Gasteiger partial charge in [0.05, 0.1) is 13.7 Å². The van der Waals surface area contributed by atoms with Gasteiger partial charge in [-0.25, -0.2) is 4.98 Å². The summed E-state index contributed by atoms with van der Waals surface area (Å²) in [4.78, 5) is 4.57. The van der Waals surface area contributed by atoms with Gasteiger partial charge in [0.25, 0.3) is 0 Å². The summed E-state index contributed by atoms with van der Waals surface area (Å²) in [5, 5.41) is 7.14. The number of oxazole rings is 1. The molecule has 1 saturated carbocycles. The zero-order chi connectivity index (χ0) is 16.4. The summed E-state index contributed by atoms with van der Waals surface area (Å²) in [6, 6.07) is 6.34. The Kier molecular flexibility index (Phi) is 4.46. The van der Waals surface area contributed by atoms with Crippen molar-refractivity contribution in [3.63, 3.8) is 0 Å². The molecule has 1 aromatic heterocycles. The van der Waals surface area contributed by atoms with Crippen LogP contribution in [0.4, 0.5) is 0 Å². The van der Waals surface area contributed by atoms with Gasteiger partial charge in [-0.3, -0.25) is 0 Å². The number of fused-ring (bicyclic) bond motifs is 1. The van der Waals surface area contributed by atoms with Crippen LogP contribution >= 0.6 is 0 Å². The lowest BCUT2D eigenvalue weighted by atomic mass is 9.67. The lowest BCUT2D eigenvalue weighted by Gasteiger charge is -2.43. The van der Waals surface area contributed by atoms with Gasteiger partial charge in [0.15, 0.2) is 5.58 Å². The zero-order valence-electron chi connectivity index (χ0n) is 14.4. The molecule has 5 nitrogen and oxygen atoms in total. The van der Waals surface area contributed by atoms with Gasteiger partial charge in [0, 0.05) is 12.1 Å². The first-order valence-electron chi connectivity index (χ1n) is 9.14. The average Bonchev–Trinajstić information content (AvgIpc) is 3.04. The number of nitrogens with one attached hydrogen (secondary N) is 2. The minimum Gasteiger partial charge on any atom is -0.497 e. The fraction of sp³-hybridized carbons (Fsp3) is 0.632. The first-order valence-corrected chi connectivity index (χ1v) is 9.14. The zero-order valence-corrected chi connectivity index (χ0v) is 14.4. The Morgan fingerprint density at radius 1 is 1.25 bits per heavy atom. The number of methoxy groups -OCH3 is 1. The molecule has 2 aromatic rings. The number of aromatic nitrogens is 1. The number of ether oxygens (including phenoxy) is 1. The maximum absolute atomic E-state index is 5.83. The molecule has 1 aromatic carbocycles. The molecule has 2 fully saturated rings. The van der Waals surface area contributed by atoms with E-state index in [0.717, 1.165) is 22.7 Å². The molecule has 2 aliphatic rings. The Labute approximate surface area is 143 Å². The summed E-state index contributed by atoms with van der Waals surface area (Å²) >= 11 is 0. The van der Waals surface area contributed by atoms with Crippen molar-refractivity contribution < 1.29 is 9.15 Å². The van der Waals surface area contributed by atoms with Gasteiger partial charge in [0.1, 0.15) is 11.3 Å². The molecule has 24 heavy (non-hydrogen) atoms. The van der Waals surface area contributed by atoms with Crippen LogP contribution < -0.4 is 15.4 Å². The third-order valence-electron chi connectivity index (χ3n) is 5.89. The highest BCUT2D eigenvalue weighted by molar-refractivity contribution is 5.74. The molecule has 0 amide bonds. The molecule has 1 spiro atoms. The van der Waals surface area contributed by atoms with E-state index in [1.165, 1.54) is 51.6 Å². The van der Waals surface area contributed by atoms with Crippen LogP contribution in [0.3, 0.4) is 0 Å². The predicted octanol–water partition coefficient (Wildman–Crippen LogP) is 3.24. The molecule has 2 N–H and O–H groups in total. The summed E-state index contributed by atoms with van der Waals surface area (Å²) in [6.45, 7) is 3.10. The minimum absolute atomic E-state index is 0.593. The molecule has 0 bridgehead atoms. The largest absolute Gasteiger partial charge is 0.497 e. The van der Waals surface area contributed by atoms with Crippen molar-refractivity contribution in [2.45, 2.75) is 51.1 Å². The van der Waals surface area contributed by atoms with Crippen molar-refractivity contribution in [1.29, 1.82) is 0 Å². The highest BCUT2D eigenvalue weighted by atomic mass is 16.5. The maximum atomic E-state index is 5.83. The predicted molar refractivity (Wildman–Crippen MR) is 94.2 cm³/mol. The third-order valence-corrected chi connectivity index (χ3v) is 5.89.